The van der Waals surface area contributed by atoms with Crippen LogP contribution in [0.5, 0.6) is 0 Å². The van der Waals surface area contributed by atoms with Crippen LogP contribution in [0.25, 0.3) is 0 Å². The number of aryl methyl sites for hydroxylation is 1. The van der Waals surface area contributed by atoms with Gasteiger partial charge < -0.3 is 15.0 Å². The Balaban J connectivity index is 1.87. The fourth-order valence-corrected chi connectivity index (χ4v) is 2.82. The standard InChI is InChI=1S/C17H19FN4O3/c1-3-22-9-8-13(20-22)19-17(24)16-15(21(2)14(23)10-25-16)11-6-4-5-7-12(11)18/h4-9,15-16H,3,10H2,1-2H3,(H,19,20,24). The minimum Gasteiger partial charge on any atom is -0.356 e. The molecular weight excluding hydrogens is 327 g/mol. The minimum absolute atomic E-state index is 0.233. The van der Waals surface area contributed by atoms with Crippen LogP contribution in [-0.2, 0) is 20.9 Å². The summed E-state index contributed by atoms with van der Waals surface area (Å²) < 4.78 is 21.4. The summed E-state index contributed by atoms with van der Waals surface area (Å²) in [4.78, 5) is 26.0. The van der Waals surface area contributed by atoms with Gasteiger partial charge in [-0.05, 0) is 13.0 Å². The van der Waals surface area contributed by atoms with E-state index in [0.717, 1.165) is 0 Å². The molecule has 0 spiro atoms. The predicted octanol–water partition coefficient (Wildman–Crippen LogP) is 1.58. The van der Waals surface area contributed by atoms with Crippen molar-refractivity contribution >= 4 is 17.6 Å². The molecule has 1 N–H and O–H groups in total. The van der Waals surface area contributed by atoms with Gasteiger partial charge in [-0.25, -0.2) is 4.39 Å². The third-order valence-electron chi connectivity index (χ3n) is 4.18. The SMILES string of the molecule is CCn1ccc(NC(=O)C2OCC(=O)N(C)C2c2ccccc2F)n1. The average molecular weight is 346 g/mol. The molecule has 1 saturated heterocycles. The van der Waals surface area contributed by atoms with Gasteiger partial charge >= 0.3 is 0 Å². The second-order valence-corrected chi connectivity index (χ2v) is 5.75. The first-order valence-corrected chi connectivity index (χ1v) is 7.97. The van der Waals surface area contributed by atoms with E-state index in [4.69, 9.17) is 4.74 Å². The van der Waals surface area contributed by atoms with Gasteiger partial charge in [0.1, 0.15) is 12.4 Å². The Labute approximate surface area is 144 Å². The molecule has 0 saturated carbocycles. The number of hydrogen-bond donors (Lipinski definition) is 1. The van der Waals surface area contributed by atoms with E-state index in [2.05, 4.69) is 10.4 Å². The van der Waals surface area contributed by atoms with E-state index in [1.54, 1.807) is 35.1 Å². The molecule has 132 valence electrons. The van der Waals surface area contributed by atoms with Crippen molar-refractivity contribution in [2.45, 2.75) is 25.6 Å². The molecule has 0 bridgehead atoms. The number of rotatable bonds is 4. The van der Waals surface area contributed by atoms with Gasteiger partial charge in [-0.15, -0.1) is 0 Å². The highest BCUT2D eigenvalue weighted by Gasteiger charge is 2.41. The zero-order chi connectivity index (χ0) is 18.0. The Morgan fingerprint density at radius 3 is 2.84 bits per heavy atom. The van der Waals surface area contributed by atoms with Crippen LogP contribution in [0.4, 0.5) is 10.2 Å². The number of carbonyl (C=O) groups excluding carboxylic acids is 2. The summed E-state index contributed by atoms with van der Waals surface area (Å²) in [6.45, 7) is 2.37. The van der Waals surface area contributed by atoms with Crippen molar-refractivity contribution in [3.8, 4) is 0 Å². The lowest BCUT2D eigenvalue weighted by molar-refractivity contribution is -0.160. The van der Waals surface area contributed by atoms with Crippen LogP contribution < -0.4 is 5.32 Å². The van der Waals surface area contributed by atoms with Crippen molar-refractivity contribution in [3.05, 3.63) is 47.9 Å². The Morgan fingerprint density at radius 1 is 1.40 bits per heavy atom. The second kappa shape index (κ2) is 7.02. The molecule has 3 rings (SSSR count). The van der Waals surface area contributed by atoms with Crippen molar-refractivity contribution in [2.24, 2.45) is 0 Å². The van der Waals surface area contributed by atoms with Gasteiger partial charge in [0.05, 0.1) is 6.04 Å². The van der Waals surface area contributed by atoms with E-state index >= 15 is 0 Å². The third kappa shape index (κ3) is 3.39. The summed E-state index contributed by atoms with van der Waals surface area (Å²) in [6, 6.07) is 6.86. The van der Waals surface area contributed by atoms with Crippen LogP contribution >= 0.6 is 0 Å². The van der Waals surface area contributed by atoms with Gasteiger partial charge in [-0.3, -0.25) is 14.3 Å². The third-order valence-corrected chi connectivity index (χ3v) is 4.18. The highest BCUT2D eigenvalue weighted by Crippen LogP contribution is 2.31. The molecule has 1 aromatic carbocycles. The first-order valence-electron chi connectivity index (χ1n) is 7.97. The number of anilines is 1. The molecule has 2 atom stereocenters. The molecule has 2 unspecified atom stereocenters. The molecule has 7 nitrogen and oxygen atoms in total. The molecule has 1 fully saturated rings. The number of likely N-dealkylation sites (N-methyl/N-ethyl adjacent to an activating group) is 1. The molecule has 2 amide bonds. The summed E-state index contributed by atoms with van der Waals surface area (Å²) in [5.74, 6) is -0.908. The van der Waals surface area contributed by atoms with Gasteiger partial charge in [0.15, 0.2) is 11.9 Å². The number of morpholine rings is 1. The van der Waals surface area contributed by atoms with Crippen LogP contribution in [0.15, 0.2) is 36.5 Å². The van der Waals surface area contributed by atoms with Gasteiger partial charge in [-0.1, -0.05) is 18.2 Å². The van der Waals surface area contributed by atoms with E-state index < -0.39 is 23.9 Å². The van der Waals surface area contributed by atoms with E-state index in [-0.39, 0.29) is 18.1 Å². The number of ether oxygens (including phenoxy) is 1. The summed E-state index contributed by atoms with van der Waals surface area (Å²) in [5, 5.41) is 6.85. The lowest BCUT2D eigenvalue weighted by atomic mass is 9.97. The maximum Gasteiger partial charge on any atom is 0.257 e. The molecule has 1 aliphatic rings. The van der Waals surface area contributed by atoms with Crippen LogP contribution in [0, 0.1) is 5.82 Å². The number of halogens is 1. The molecule has 2 aromatic rings. The molecule has 1 aliphatic heterocycles. The summed E-state index contributed by atoms with van der Waals surface area (Å²) in [7, 11) is 1.54. The van der Waals surface area contributed by atoms with Crippen LogP contribution in [0.2, 0.25) is 0 Å². The molecule has 25 heavy (non-hydrogen) atoms. The summed E-state index contributed by atoms with van der Waals surface area (Å²) in [5.41, 5.74) is 0.234. The zero-order valence-electron chi connectivity index (χ0n) is 14.0. The zero-order valence-corrected chi connectivity index (χ0v) is 14.0. The van der Waals surface area contributed by atoms with E-state index in [1.165, 1.54) is 18.0 Å². The molecule has 0 radical (unpaired) electrons. The van der Waals surface area contributed by atoms with E-state index in [1.807, 2.05) is 6.92 Å². The van der Waals surface area contributed by atoms with Gasteiger partial charge in [0.2, 0.25) is 5.91 Å². The average Bonchev–Trinajstić information content (AvgIpc) is 3.05. The first kappa shape index (κ1) is 17.1. The molecule has 1 aromatic heterocycles. The first-order chi connectivity index (χ1) is 12.0. The fourth-order valence-electron chi connectivity index (χ4n) is 2.82. The quantitative estimate of drug-likeness (QED) is 0.912. The van der Waals surface area contributed by atoms with Gasteiger partial charge in [-0.2, -0.15) is 5.10 Å². The Morgan fingerprint density at radius 2 is 2.16 bits per heavy atom. The van der Waals surface area contributed by atoms with Crippen molar-refractivity contribution in [3.63, 3.8) is 0 Å². The number of aromatic nitrogens is 2. The van der Waals surface area contributed by atoms with Crippen molar-refractivity contribution in [1.29, 1.82) is 0 Å². The highest BCUT2D eigenvalue weighted by atomic mass is 19.1. The maximum absolute atomic E-state index is 14.2. The predicted molar refractivity (Wildman–Crippen MR) is 88.2 cm³/mol. The Bertz CT molecular complexity index is 792. The summed E-state index contributed by atoms with van der Waals surface area (Å²) >= 11 is 0. The van der Waals surface area contributed by atoms with Gasteiger partial charge in [0.25, 0.3) is 5.91 Å². The number of benzene rings is 1. The van der Waals surface area contributed by atoms with Gasteiger partial charge in [0, 0.05) is 31.4 Å². The highest BCUT2D eigenvalue weighted by molar-refractivity contribution is 5.95. The second-order valence-electron chi connectivity index (χ2n) is 5.75. The topological polar surface area (TPSA) is 76.5 Å². The fraction of sp³-hybridized carbons (Fsp3) is 0.353. The number of nitrogens with zero attached hydrogens (tertiary/aromatic N) is 3. The van der Waals surface area contributed by atoms with Crippen molar-refractivity contribution < 1.29 is 18.7 Å². The largest absolute Gasteiger partial charge is 0.356 e. The lowest BCUT2D eigenvalue weighted by Crippen LogP contribution is -2.51. The number of carbonyl (C=O) groups is 2. The number of hydrogen-bond acceptors (Lipinski definition) is 4. The Hall–Kier alpha value is -2.74. The summed E-state index contributed by atoms with van der Waals surface area (Å²) in [6.07, 6.45) is 0.702. The van der Waals surface area contributed by atoms with E-state index in [0.29, 0.717) is 12.4 Å². The van der Waals surface area contributed by atoms with Crippen molar-refractivity contribution in [2.75, 3.05) is 19.0 Å². The normalized spacial score (nSPS) is 20.6. The monoisotopic (exact) mass is 346 g/mol. The van der Waals surface area contributed by atoms with Crippen LogP contribution in [0.1, 0.15) is 18.5 Å². The Kier molecular flexibility index (Phi) is 4.80. The number of amides is 2. The van der Waals surface area contributed by atoms with Crippen LogP contribution in [-0.4, -0.2) is 46.3 Å². The minimum atomic E-state index is -1.04. The number of nitrogens with one attached hydrogen (secondary N) is 1. The van der Waals surface area contributed by atoms with Crippen molar-refractivity contribution in [1.82, 2.24) is 14.7 Å². The molecular formula is C17H19FN4O3. The van der Waals surface area contributed by atoms with E-state index in [9.17, 15) is 14.0 Å². The maximum atomic E-state index is 14.2. The molecule has 8 heteroatoms. The molecule has 2 heterocycles. The lowest BCUT2D eigenvalue weighted by Gasteiger charge is -2.38. The van der Waals surface area contributed by atoms with Crippen LogP contribution in [0.3, 0.4) is 0 Å². The smallest absolute Gasteiger partial charge is 0.257 e. The molecule has 0 aliphatic carbocycles.